The van der Waals surface area contributed by atoms with Crippen molar-refractivity contribution in [2.75, 3.05) is 4.72 Å². The molecule has 7 nitrogen and oxygen atoms in total. The number of benzene rings is 1. The van der Waals surface area contributed by atoms with Gasteiger partial charge in [-0.2, -0.15) is 0 Å². The number of sulfonamides is 1. The summed E-state index contributed by atoms with van der Waals surface area (Å²) in [5.74, 6) is 0. The van der Waals surface area contributed by atoms with Crippen LogP contribution in [0.4, 0.5) is 11.4 Å². The number of nitro benzene ring substituents is 1. The lowest BCUT2D eigenvalue weighted by molar-refractivity contribution is -0.385. The molecule has 0 aliphatic carbocycles. The molecule has 0 fully saturated rings. The molecule has 0 atom stereocenters. The molecule has 0 saturated heterocycles. The molecule has 110 valence electrons. The summed E-state index contributed by atoms with van der Waals surface area (Å²) in [6, 6.07) is 6.58. The van der Waals surface area contributed by atoms with Gasteiger partial charge in [0.2, 0.25) is 0 Å². The molecule has 1 heterocycles. The van der Waals surface area contributed by atoms with Crippen LogP contribution in [0.25, 0.3) is 0 Å². The number of pyridine rings is 1. The minimum atomic E-state index is -4.00. The Labute approximate surface area is 125 Å². The van der Waals surface area contributed by atoms with Crippen molar-refractivity contribution in [2.24, 2.45) is 0 Å². The Kier molecular flexibility index (Phi) is 4.10. The average Bonchev–Trinajstić information content (AvgIpc) is 2.41. The van der Waals surface area contributed by atoms with Crippen LogP contribution in [0.15, 0.2) is 41.4 Å². The summed E-state index contributed by atoms with van der Waals surface area (Å²) in [7, 11) is -4.00. The first-order valence-electron chi connectivity index (χ1n) is 5.69. The van der Waals surface area contributed by atoms with Gasteiger partial charge in [-0.05, 0) is 24.6 Å². The molecular formula is C12H10ClN3O4S. The minimum Gasteiger partial charge on any atom is -0.276 e. The monoisotopic (exact) mass is 327 g/mol. The molecule has 2 aromatic rings. The number of non-ortho nitro benzene ring substituents is 1. The maximum atomic E-state index is 12.3. The number of anilines is 1. The number of hydrogen-bond donors (Lipinski definition) is 1. The highest BCUT2D eigenvalue weighted by Crippen LogP contribution is 2.26. The quantitative estimate of drug-likeness (QED) is 0.528. The first-order chi connectivity index (χ1) is 9.81. The van der Waals surface area contributed by atoms with Gasteiger partial charge in [-0.3, -0.25) is 14.8 Å². The Bertz CT molecular complexity index is 808. The largest absolute Gasteiger partial charge is 0.276 e. The predicted molar refractivity (Wildman–Crippen MR) is 77.9 cm³/mol. The van der Waals surface area contributed by atoms with E-state index in [4.69, 9.17) is 11.6 Å². The van der Waals surface area contributed by atoms with Crippen LogP contribution in [0.1, 0.15) is 5.56 Å². The highest BCUT2D eigenvalue weighted by atomic mass is 35.5. The third-order valence-electron chi connectivity index (χ3n) is 2.68. The van der Waals surface area contributed by atoms with Crippen LogP contribution in [-0.4, -0.2) is 18.3 Å². The van der Waals surface area contributed by atoms with Gasteiger partial charge < -0.3 is 0 Å². The second-order valence-electron chi connectivity index (χ2n) is 4.15. The van der Waals surface area contributed by atoms with Crippen molar-refractivity contribution in [1.82, 2.24) is 4.98 Å². The molecule has 1 aromatic heterocycles. The van der Waals surface area contributed by atoms with Gasteiger partial charge >= 0.3 is 0 Å². The molecule has 9 heteroatoms. The molecule has 0 unspecified atom stereocenters. The lowest BCUT2D eigenvalue weighted by Gasteiger charge is -2.10. The topological polar surface area (TPSA) is 102 Å². The Morgan fingerprint density at radius 1 is 1.33 bits per heavy atom. The molecule has 1 N–H and O–H groups in total. The fourth-order valence-electron chi connectivity index (χ4n) is 1.65. The first kappa shape index (κ1) is 15.2. The van der Waals surface area contributed by atoms with E-state index in [0.717, 1.165) is 6.07 Å². The molecule has 0 aliphatic heterocycles. The van der Waals surface area contributed by atoms with Crippen LogP contribution in [0.2, 0.25) is 5.15 Å². The number of halogens is 1. The van der Waals surface area contributed by atoms with Gasteiger partial charge in [0.1, 0.15) is 0 Å². The smallest absolute Gasteiger partial charge is 0.270 e. The molecular weight excluding hydrogens is 318 g/mol. The fourth-order valence-corrected chi connectivity index (χ4v) is 3.21. The number of aryl methyl sites for hydroxylation is 1. The van der Waals surface area contributed by atoms with Gasteiger partial charge in [-0.25, -0.2) is 13.4 Å². The highest BCUT2D eigenvalue weighted by molar-refractivity contribution is 7.92. The second-order valence-corrected chi connectivity index (χ2v) is 6.16. The summed E-state index contributed by atoms with van der Waals surface area (Å²) >= 11 is 5.79. The minimum absolute atomic E-state index is 0.0100. The number of aromatic nitrogens is 1. The van der Waals surface area contributed by atoms with E-state index in [0.29, 0.717) is 5.56 Å². The van der Waals surface area contributed by atoms with E-state index in [9.17, 15) is 18.5 Å². The Morgan fingerprint density at radius 2 is 2.05 bits per heavy atom. The molecule has 1 aromatic carbocycles. The maximum absolute atomic E-state index is 12.3. The summed E-state index contributed by atoms with van der Waals surface area (Å²) in [5.41, 5.74) is 0.177. The fraction of sp³-hybridized carbons (Fsp3) is 0.0833. The molecule has 21 heavy (non-hydrogen) atoms. The lowest BCUT2D eigenvalue weighted by atomic mass is 10.2. The van der Waals surface area contributed by atoms with Crippen LogP contribution < -0.4 is 4.72 Å². The molecule has 0 radical (unpaired) electrons. The molecule has 2 rings (SSSR count). The van der Waals surface area contributed by atoms with E-state index in [2.05, 4.69) is 9.71 Å². The first-order valence-corrected chi connectivity index (χ1v) is 7.56. The maximum Gasteiger partial charge on any atom is 0.270 e. The number of nitro groups is 1. The second kappa shape index (κ2) is 5.66. The Morgan fingerprint density at radius 3 is 2.67 bits per heavy atom. The summed E-state index contributed by atoms with van der Waals surface area (Å²) in [6.45, 7) is 1.54. The van der Waals surface area contributed by atoms with Gasteiger partial charge in [0.25, 0.3) is 15.7 Å². The van der Waals surface area contributed by atoms with Gasteiger partial charge in [-0.1, -0.05) is 17.7 Å². The van der Waals surface area contributed by atoms with Crippen LogP contribution >= 0.6 is 11.6 Å². The molecule has 0 amide bonds. The van der Waals surface area contributed by atoms with Gasteiger partial charge in [0.15, 0.2) is 5.15 Å². The van der Waals surface area contributed by atoms with Crippen molar-refractivity contribution >= 4 is 33.0 Å². The van der Waals surface area contributed by atoms with Gasteiger partial charge in [0.05, 0.1) is 15.5 Å². The number of nitrogens with zero attached hydrogens (tertiary/aromatic N) is 2. The Balaban J connectivity index is 2.47. The van der Waals surface area contributed by atoms with Crippen LogP contribution in [0.5, 0.6) is 0 Å². The lowest BCUT2D eigenvalue weighted by Crippen LogP contribution is -2.15. The molecule has 0 aliphatic rings. The summed E-state index contributed by atoms with van der Waals surface area (Å²) < 4.78 is 26.9. The normalized spacial score (nSPS) is 11.1. The molecule has 0 saturated carbocycles. The SMILES string of the molecule is Cc1ccc([N+](=O)[O-])cc1S(=O)(=O)Nc1cccnc1Cl. The van der Waals surface area contributed by atoms with Crippen molar-refractivity contribution in [2.45, 2.75) is 11.8 Å². The number of hydrogen-bond acceptors (Lipinski definition) is 5. The van der Waals surface area contributed by atoms with Crippen molar-refractivity contribution in [1.29, 1.82) is 0 Å². The van der Waals surface area contributed by atoms with E-state index in [1.807, 2.05) is 0 Å². The van der Waals surface area contributed by atoms with Crippen LogP contribution in [-0.2, 0) is 10.0 Å². The molecule has 0 bridgehead atoms. The zero-order chi connectivity index (χ0) is 15.6. The van der Waals surface area contributed by atoms with E-state index in [1.165, 1.54) is 30.5 Å². The van der Waals surface area contributed by atoms with Gasteiger partial charge in [0, 0.05) is 18.3 Å². The number of nitrogens with one attached hydrogen (secondary N) is 1. The van der Waals surface area contributed by atoms with Crippen molar-refractivity contribution in [3.8, 4) is 0 Å². The van der Waals surface area contributed by atoms with E-state index >= 15 is 0 Å². The summed E-state index contributed by atoms with van der Waals surface area (Å²) in [4.78, 5) is 13.7. The van der Waals surface area contributed by atoms with Gasteiger partial charge in [-0.15, -0.1) is 0 Å². The zero-order valence-corrected chi connectivity index (χ0v) is 12.4. The number of rotatable bonds is 4. The summed E-state index contributed by atoms with van der Waals surface area (Å²) in [5, 5.41) is 10.8. The van der Waals surface area contributed by atoms with E-state index < -0.39 is 14.9 Å². The molecule has 0 spiro atoms. The standard InChI is InChI=1S/C12H10ClN3O4S/c1-8-4-5-9(16(17)18)7-11(8)21(19,20)15-10-3-2-6-14-12(10)13/h2-7,15H,1H3. The van der Waals surface area contributed by atoms with E-state index in [1.54, 1.807) is 6.92 Å². The predicted octanol–water partition coefficient (Wildman–Crippen LogP) is 2.75. The average molecular weight is 328 g/mol. The van der Waals surface area contributed by atoms with E-state index in [-0.39, 0.29) is 21.4 Å². The van der Waals surface area contributed by atoms with Crippen molar-refractivity contribution in [3.05, 3.63) is 57.4 Å². The van der Waals surface area contributed by atoms with Crippen molar-refractivity contribution in [3.63, 3.8) is 0 Å². The van der Waals surface area contributed by atoms with Crippen LogP contribution in [0, 0.1) is 17.0 Å². The highest BCUT2D eigenvalue weighted by Gasteiger charge is 2.21. The third-order valence-corrected chi connectivity index (χ3v) is 4.48. The zero-order valence-electron chi connectivity index (χ0n) is 10.8. The van der Waals surface area contributed by atoms with Crippen LogP contribution in [0.3, 0.4) is 0 Å². The van der Waals surface area contributed by atoms with Crippen molar-refractivity contribution < 1.29 is 13.3 Å². The third kappa shape index (κ3) is 3.29. The Hall–Kier alpha value is -2.19. The summed E-state index contributed by atoms with van der Waals surface area (Å²) in [6.07, 6.45) is 1.42.